The van der Waals surface area contributed by atoms with Gasteiger partial charge >= 0.3 is 0 Å². The molecule has 1 saturated heterocycles. The van der Waals surface area contributed by atoms with E-state index in [1.54, 1.807) is 6.07 Å². The molecule has 0 saturated carbocycles. The second-order valence-electron chi connectivity index (χ2n) is 5.05. The van der Waals surface area contributed by atoms with Crippen molar-refractivity contribution in [1.82, 2.24) is 11.1 Å². The van der Waals surface area contributed by atoms with Gasteiger partial charge in [0, 0.05) is 18.2 Å². The summed E-state index contributed by atoms with van der Waals surface area (Å²) < 4.78 is 0. The van der Waals surface area contributed by atoms with Crippen molar-refractivity contribution >= 4 is 11.5 Å². The first-order valence-electron chi connectivity index (χ1n) is 5.89. The van der Waals surface area contributed by atoms with E-state index in [1.165, 1.54) is 18.7 Å². The van der Waals surface area contributed by atoms with Crippen LogP contribution >= 0.6 is 0 Å². The number of nitrogens with zero attached hydrogens (tertiary/aromatic N) is 3. The Bertz CT molecular complexity index is 417. The zero-order chi connectivity index (χ0) is 12.5. The second kappa shape index (κ2) is 5.30. The van der Waals surface area contributed by atoms with E-state index in [-0.39, 0.29) is 17.4 Å². The lowest BCUT2D eigenvalue weighted by Crippen LogP contribution is -2.48. The van der Waals surface area contributed by atoms with E-state index in [9.17, 15) is 10.1 Å². The molecule has 6 heteroatoms. The third-order valence-electron chi connectivity index (χ3n) is 3.37. The maximum atomic E-state index is 10.6. The Morgan fingerprint density at radius 1 is 1.39 bits per heavy atom. The summed E-state index contributed by atoms with van der Waals surface area (Å²) in [5, 5.41) is 10.6. The SMILES string of the molecule is CC1(C)CCCCN1c1ccc([N+](=O)[O-])cn1.N. The number of pyridine rings is 1. The number of piperidine rings is 1. The Hall–Kier alpha value is -1.69. The van der Waals surface area contributed by atoms with Gasteiger partial charge in [-0.05, 0) is 39.2 Å². The molecular weight excluding hydrogens is 232 g/mol. The van der Waals surface area contributed by atoms with Gasteiger partial charge in [0.05, 0.1) is 4.92 Å². The van der Waals surface area contributed by atoms with Gasteiger partial charge in [-0.25, -0.2) is 4.98 Å². The van der Waals surface area contributed by atoms with Crippen LogP contribution in [0, 0.1) is 10.1 Å². The largest absolute Gasteiger partial charge is 0.351 e. The summed E-state index contributed by atoms with van der Waals surface area (Å²) in [5.74, 6) is 0.834. The predicted octanol–water partition coefficient (Wildman–Crippen LogP) is 2.92. The normalized spacial score (nSPS) is 18.0. The summed E-state index contributed by atoms with van der Waals surface area (Å²) >= 11 is 0. The lowest BCUT2D eigenvalue weighted by atomic mass is 9.90. The molecule has 0 radical (unpaired) electrons. The fourth-order valence-corrected chi connectivity index (χ4v) is 2.34. The van der Waals surface area contributed by atoms with Gasteiger partial charge in [0.1, 0.15) is 12.0 Å². The van der Waals surface area contributed by atoms with Crippen LogP contribution in [0.15, 0.2) is 18.3 Å². The zero-order valence-corrected chi connectivity index (χ0v) is 10.9. The Balaban J connectivity index is 0.00000162. The smallest absolute Gasteiger partial charge is 0.287 e. The highest BCUT2D eigenvalue weighted by Crippen LogP contribution is 2.31. The summed E-state index contributed by atoms with van der Waals surface area (Å²) in [4.78, 5) is 16.6. The third kappa shape index (κ3) is 2.76. The van der Waals surface area contributed by atoms with Crippen molar-refractivity contribution in [2.75, 3.05) is 11.4 Å². The Labute approximate surface area is 107 Å². The fraction of sp³-hybridized carbons (Fsp3) is 0.583. The van der Waals surface area contributed by atoms with Crippen LogP contribution in [0.4, 0.5) is 11.5 Å². The quantitative estimate of drug-likeness (QED) is 0.645. The fourth-order valence-electron chi connectivity index (χ4n) is 2.34. The van der Waals surface area contributed by atoms with E-state index in [0.717, 1.165) is 25.2 Å². The van der Waals surface area contributed by atoms with Crippen LogP contribution in [0.25, 0.3) is 0 Å². The molecule has 0 unspecified atom stereocenters. The van der Waals surface area contributed by atoms with E-state index in [0.29, 0.717) is 0 Å². The summed E-state index contributed by atoms with van der Waals surface area (Å²) in [6, 6.07) is 3.26. The molecule has 1 aromatic rings. The van der Waals surface area contributed by atoms with Crippen molar-refractivity contribution in [3.8, 4) is 0 Å². The summed E-state index contributed by atoms with van der Waals surface area (Å²) in [5.41, 5.74) is 0.130. The summed E-state index contributed by atoms with van der Waals surface area (Å²) in [6.45, 7) is 5.35. The molecule has 1 fully saturated rings. The molecule has 1 aliphatic rings. The van der Waals surface area contributed by atoms with E-state index in [2.05, 4.69) is 23.7 Å². The highest BCUT2D eigenvalue weighted by atomic mass is 16.6. The summed E-state index contributed by atoms with van der Waals surface area (Å²) in [6.07, 6.45) is 4.85. The Morgan fingerprint density at radius 2 is 2.11 bits per heavy atom. The van der Waals surface area contributed by atoms with Gasteiger partial charge in [-0.15, -0.1) is 0 Å². The van der Waals surface area contributed by atoms with Crippen LogP contribution < -0.4 is 11.1 Å². The number of hydrogen-bond acceptors (Lipinski definition) is 5. The molecule has 2 rings (SSSR count). The zero-order valence-electron chi connectivity index (χ0n) is 10.9. The van der Waals surface area contributed by atoms with Crippen LogP contribution in [0.3, 0.4) is 0 Å². The van der Waals surface area contributed by atoms with Crippen LogP contribution in [0.1, 0.15) is 33.1 Å². The maximum absolute atomic E-state index is 10.6. The van der Waals surface area contributed by atoms with Gasteiger partial charge in [-0.3, -0.25) is 10.1 Å². The van der Waals surface area contributed by atoms with E-state index in [4.69, 9.17) is 0 Å². The van der Waals surface area contributed by atoms with Gasteiger partial charge in [0.2, 0.25) is 0 Å². The van der Waals surface area contributed by atoms with Crippen molar-refractivity contribution in [3.05, 3.63) is 28.4 Å². The molecule has 0 bridgehead atoms. The molecule has 2 heterocycles. The number of aromatic nitrogens is 1. The first-order valence-corrected chi connectivity index (χ1v) is 5.89. The minimum atomic E-state index is -0.419. The van der Waals surface area contributed by atoms with Crippen molar-refractivity contribution in [2.24, 2.45) is 0 Å². The first kappa shape index (κ1) is 14.4. The van der Waals surface area contributed by atoms with Crippen LogP contribution in [0.5, 0.6) is 0 Å². The standard InChI is InChI=1S/C12H17N3O2.H3N/c1-12(2)7-3-4-8-14(12)11-6-5-10(9-13-11)15(16)17;/h5-6,9H,3-4,7-8H2,1-2H3;1H3. The molecule has 18 heavy (non-hydrogen) atoms. The van der Waals surface area contributed by atoms with E-state index < -0.39 is 4.92 Å². The van der Waals surface area contributed by atoms with Crippen molar-refractivity contribution in [3.63, 3.8) is 0 Å². The van der Waals surface area contributed by atoms with Gasteiger partial charge in [0.25, 0.3) is 5.69 Å². The van der Waals surface area contributed by atoms with Crippen molar-refractivity contribution in [1.29, 1.82) is 0 Å². The van der Waals surface area contributed by atoms with Gasteiger partial charge in [0.15, 0.2) is 0 Å². The highest BCUT2D eigenvalue weighted by molar-refractivity contribution is 5.45. The highest BCUT2D eigenvalue weighted by Gasteiger charge is 2.30. The lowest BCUT2D eigenvalue weighted by Gasteiger charge is -2.43. The van der Waals surface area contributed by atoms with E-state index in [1.807, 2.05) is 0 Å². The molecule has 1 aliphatic heterocycles. The molecule has 100 valence electrons. The average molecular weight is 252 g/mol. The molecule has 0 atom stereocenters. The third-order valence-corrected chi connectivity index (χ3v) is 3.37. The maximum Gasteiger partial charge on any atom is 0.287 e. The molecular formula is C12H20N4O2. The lowest BCUT2D eigenvalue weighted by molar-refractivity contribution is -0.385. The Morgan fingerprint density at radius 3 is 2.61 bits per heavy atom. The van der Waals surface area contributed by atoms with E-state index >= 15 is 0 Å². The number of nitro groups is 1. The second-order valence-corrected chi connectivity index (χ2v) is 5.05. The van der Waals surface area contributed by atoms with Crippen molar-refractivity contribution in [2.45, 2.75) is 38.6 Å². The van der Waals surface area contributed by atoms with Crippen LogP contribution in [-0.2, 0) is 0 Å². The molecule has 1 aromatic heterocycles. The molecule has 0 spiro atoms. The molecule has 3 N–H and O–H groups in total. The minimum absolute atomic E-state index is 0. The van der Waals surface area contributed by atoms with Crippen LogP contribution in [0.2, 0.25) is 0 Å². The minimum Gasteiger partial charge on any atom is -0.351 e. The van der Waals surface area contributed by atoms with Crippen LogP contribution in [-0.4, -0.2) is 22.0 Å². The van der Waals surface area contributed by atoms with Gasteiger partial charge in [-0.1, -0.05) is 0 Å². The number of rotatable bonds is 2. The first-order chi connectivity index (χ1) is 8.00. The van der Waals surface area contributed by atoms with Gasteiger partial charge in [-0.2, -0.15) is 0 Å². The van der Waals surface area contributed by atoms with Gasteiger partial charge < -0.3 is 11.1 Å². The number of hydrogen-bond donors (Lipinski definition) is 1. The molecule has 0 aromatic carbocycles. The molecule has 0 amide bonds. The molecule has 0 aliphatic carbocycles. The number of anilines is 1. The topological polar surface area (TPSA) is 94.3 Å². The predicted molar refractivity (Wildman–Crippen MR) is 71.2 cm³/mol. The van der Waals surface area contributed by atoms with Crippen molar-refractivity contribution < 1.29 is 4.92 Å². The average Bonchev–Trinajstić information content (AvgIpc) is 2.28. The Kier molecular flexibility index (Phi) is 4.24. The molecule has 6 nitrogen and oxygen atoms in total. The summed E-state index contributed by atoms with van der Waals surface area (Å²) in [7, 11) is 0. The monoisotopic (exact) mass is 252 g/mol.